The lowest BCUT2D eigenvalue weighted by atomic mass is 10.1. The Labute approximate surface area is 144 Å². The standard InChI is InChI=1S/C18H17N3O4/c1-25-16-5-2-13(3-6-16)12-20-9-8-15(22)11-19-17-7-4-14(21(23)24)10-18(17)20/h2-7,10-11H,8-9,12H2,1H3. The minimum atomic E-state index is -0.431. The molecule has 0 aliphatic carbocycles. The number of fused-ring (bicyclic) bond motifs is 1. The summed E-state index contributed by atoms with van der Waals surface area (Å²) in [6.07, 6.45) is 1.59. The Kier molecular flexibility index (Phi) is 4.74. The van der Waals surface area contributed by atoms with Crippen molar-refractivity contribution >= 4 is 29.1 Å². The number of benzene rings is 2. The van der Waals surface area contributed by atoms with Crippen LogP contribution in [0.5, 0.6) is 5.75 Å². The highest BCUT2D eigenvalue weighted by Crippen LogP contribution is 2.34. The Hall–Kier alpha value is -3.22. The zero-order chi connectivity index (χ0) is 17.8. The molecule has 7 heteroatoms. The van der Waals surface area contributed by atoms with Crippen LogP contribution in [-0.2, 0) is 11.3 Å². The molecule has 0 amide bonds. The summed E-state index contributed by atoms with van der Waals surface area (Å²) in [6.45, 7) is 0.978. The topological polar surface area (TPSA) is 85.0 Å². The number of rotatable bonds is 4. The van der Waals surface area contributed by atoms with Gasteiger partial charge in [-0.2, -0.15) is 0 Å². The maximum absolute atomic E-state index is 11.8. The minimum Gasteiger partial charge on any atom is -0.497 e. The van der Waals surface area contributed by atoms with Crippen molar-refractivity contribution < 1.29 is 14.5 Å². The molecular formula is C18H17N3O4. The number of nitrogens with zero attached hydrogens (tertiary/aromatic N) is 3. The maximum Gasteiger partial charge on any atom is 0.271 e. The molecule has 2 aromatic carbocycles. The lowest BCUT2D eigenvalue weighted by molar-refractivity contribution is -0.384. The Morgan fingerprint density at radius 2 is 2.00 bits per heavy atom. The molecule has 0 saturated heterocycles. The number of nitro groups is 1. The summed E-state index contributed by atoms with van der Waals surface area (Å²) in [4.78, 5) is 28.6. The van der Waals surface area contributed by atoms with E-state index in [1.54, 1.807) is 13.2 Å². The van der Waals surface area contributed by atoms with E-state index in [9.17, 15) is 14.9 Å². The maximum atomic E-state index is 11.8. The third kappa shape index (κ3) is 3.82. The van der Waals surface area contributed by atoms with Crippen molar-refractivity contribution in [2.75, 3.05) is 18.6 Å². The quantitative estimate of drug-likeness (QED) is 0.630. The van der Waals surface area contributed by atoms with Gasteiger partial charge in [-0.3, -0.25) is 19.9 Å². The average Bonchev–Trinajstić information content (AvgIpc) is 2.62. The van der Waals surface area contributed by atoms with Crippen LogP contribution >= 0.6 is 0 Å². The van der Waals surface area contributed by atoms with Crippen LogP contribution in [0.4, 0.5) is 17.1 Å². The first kappa shape index (κ1) is 16.6. The molecule has 2 aromatic rings. The molecule has 0 aromatic heterocycles. The molecule has 25 heavy (non-hydrogen) atoms. The second kappa shape index (κ2) is 7.12. The molecule has 0 saturated carbocycles. The number of carbonyl (C=O) groups excluding carboxylic acids is 1. The van der Waals surface area contributed by atoms with Gasteiger partial charge < -0.3 is 9.64 Å². The van der Waals surface area contributed by atoms with Crippen LogP contribution in [0.3, 0.4) is 0 Å². The van der Waals surface area contributed by atoms with E-state index in [0.29, 0.717) is 30.9 Å². The Bertz CT molecular complexity index is 831. The number of anilines is 1. The van der Waals surface area contributed by atoms with E-state index in [0.717, 1.165) is 11.3 Å². The van der Waals surface area contributed by atoms with Gasteiger partial charge in [0.15, 0.2) is 5.78 Å². The highest BCUT2D eigenvalue weighted by Gasteiger charge is 2.19. The summed E-state index contributed by atoms with van der Waals surface area (Å²) in [5.74, 6) is 0.691. The van der Waals surface area contributed by atoms with Crippen molar-refractivity contribution in [2.45, 2.75) is 13.0 Å². The van der Waals surface area contributed by atoms with Gasteiger partial charge in [0.2, 0.25) is 0 Å². The van der Waals surface area contributed by atoms with Gasteiger partial charge in [-0.1, -0.05) is 12.1 Å². The number of methoxy groups -OCH3 is 1. The number of nitro benzene ring substituents is 1. The van der Waals surface area contributed by atoms with E-state index < -0.39 is 4.92 Å². The second-order valence-corrected chi connectivity index (χ2v) is 5.67. The van der Waals surface area contributed by atoms with Crippen LogP contribution in [-0.4, -0.2) is 30.6 Å². The monoisotopic (exact) mass is 339 g/mol. The number of ether oxygens (including phenoxy) is 1. The summed E-state index contributed by atoms with van der Waals surface area (Å²) in [6, 6.07) is 12.1. The number of hydrogen-bond donors (Lipinski definition) is 0. The number of hydrogen-bond acceptors (Lipinski definition) is 6. The van der Waals surface area contributed by atoms with Gasteiger partial charge in [0, 0.05) is 31.6 Å². The van der Waals surface area contributed by atoms with Gasteiger partial charge >= 0.3 is 0 Å². The molecule has 0 N–H and O–H groups in total. The van der Waals surface area contributed by atoms with E-state index in [-0.39, 0.29) is 11.5 Å². The van der Waals surface area contributed by atoms with E-state index in [2.05, 4.69) is 4.99 Å². The summed E-state index contributed by atoms with van der Waals surface area (Å²) >= 11 is 0. The molecule has 1 heterocycles. The molecule has 1 aliphatic heterocycles. The molecule has 0 atom stereocenters. The van der Waals surface area contributed by atoms with Crippen LogP contribution in [0.15, 0.2) is 47.5 Å². The molecule has 0 bridgehead atoms. The van der Waals surface area contributed by atoms with E-state index >= 15 is 0 Å². The van der Waals surface area contributed by atoms with Gasteiger partial charge in [-0.05, 0) is 23.8 Å². The Balaban J connectivity index is 1.97. The summed E-state index contributed by atoms with van der Waals surface area (Å²) in [7, 11) is 1.60. The molecule has 0 radical (unpaired) electrons. The van der Waals surface area contributed by atoms with Gasteiger partial charge in [0.1, 0.15) is 5.75 Å². The molecule has 0 unspecified atom stereocenters. The predicted molar refractivity (Wildman–Crippen MR) is 94.9 cm³/mol. The predicted octanol–water partition coefficient (Wildman–Crippen LogP) is 3.29. The number of carbonyl (C=O) groups is 1. The SMILES string of the molecule is COc1ccc(CN2CCC(=O)C=Nc3ccc([N+](=O)[O-])cc32)cc1. The summed E-state index contributed by atoms with van der Waals surface area (Å²) in [5.41, 5.74) is 2.21. The summed E-state index contributed by atoms with van der Waals surface area (Å²) in [5, 5.41) is 11.1. The van der Waals surface area contributed by atoms with Crippen molar-refractivity contribution in [3.8, 4) is 5.75 Å². The first-order valence-corrected chi connectivity index (χ1v) is 7.80. The third-order valence-corrected chi connectivity index (χ3v) is 4.02. The largest absolute Gasteiger partial charge is 0.497 e. The highest BCUT2D eigenvalue weighted by atomic mass is 16.6. The Morgan fingerprint density at radius 3 is 2.68 bits per heavy atom. The molecule has 1 aliphatic rings. The van der Waals surface area contributed by atoms with Crippen molar-refractivity contribution in [1.29, 1.82) is 0 Å². The van der Waals surface area contributed by atoms with Crippen LogP contribution in [0, 0.1) is 10.1 Å². The Morgan fingerprint density at radius 1 is 1.24 bits per heavy atom. The van der Waals surface area contributed by atoms with Crippen LogP contribution < -0.4 is 9.64 Å². The number of Topliss-reactive ketones (excluding diaryl/α,β-unsaturated/α-hetero) is 1. The van der Waals surface area contributed by atoms with Gasteiger partial charge in [0.25, 0.3) is 5.69 Å². The van der Waals surface area contributed by atoms with Gasteiger partial charge in [0.05, 0.1) is 29.6 Å². The van der Waals surface area contributed by atoms with E-state index in [1.807, 2.05) is 29.2 Å². The van der Waals surface area contributed by atoms with Crippen molar-refractivity contribution in [2.24, 2.45) is 4.99 Å². The van der Waals surface area contributed by atoms with Crippen LogP contribution in [0.25, 0.3) is 0 Å². The van der Waals surface area contributed by atoms with Crippen molar-refractivity contribution in [1.82, 2.24) is 0 Å². The van der Waals surface area contributed by atoms with Crippen molar-refractivity contribution in [3.05, 3.63) is 58.1 Å². The molecule has 0 spiro atoms. The number of ketones is 1. The summed E-state index contributed by atoms with van der Waals surface area (Å²) < 4.78 is 5.16. The molecule has 0 fully saturated rings. The van der Waals surface area contributed by atoms with Gasteiger partial charge in [-0.25, -0.2) is 0 Å². The first-order chi connectivity index (χ1) is 12.1. The van der Waals surface area contributed by atoms with Crippen molar-refractivity contribution in [3.63, 3.8) is 0 Å². The van der Waals surface area contributed by atoms with Gasteiger partial charge in [-0.15, -0.1) is 0 Å². The third-order valence-electron chi connectivity index (χ3n) is 4.02. The lowest BCUT2D eigenvalue weighted by Crippen LogP contribution is -2.27. The smallest absolute Gasteiger partial charge is 0.271 e. The minimum absolute atomic E-state index is 0.000538. The molecular weight excluding hydrogens is 322 g/mol. The zero-order valence-electron chi connectivity index (χ0n) is 13.7. The fourth-order valence-corrected chi connectivity index (χ4v) is 2.68. The number of aliphatic imine (C=N–C) groups is 1. The lowest BCUT2D eigenvalue weighted by Gasteiger charge is -2.27. The van der Waals surface area contributed by atoms with E-state index in [1.165, 1.54) is 18.3 Å². The van der Waals surface area contributed by atoms with Crippen LogP contribution in [0.2, 0.25) is 0 Å². The normalized spacial score (nSPS) is 13.8. The molecule has 128 valence electrons. The average molecular weight is 339 g/mol. The fraction of sp³-hybridized carbons (Fsp3) is 0.222. The first-order valence-electron chi connectivity index (χ1n) is 7.80. The van der Waals surface area contributed by atoms with E-state index in [4.69, 9.17) is 4.74 Å². The second-order valence-electron chi connectivity index (χ2n) is 5.67. The zero-order valence-corrected chi connectivity index (χ0v) is 13.7. The fourth-order valence-electron chi connectivity index (χ4n) is 2.68. The molecule has 3 rings (SSSR count). The number of non-ortho nitro benzene ring substituents is 1. The van der Waals surface area contributed by atoms with Crippen LogP contribution in [0.1, 0.15) is 12.0 Å². The molecule has 7 nitrogen and oxygen atoms in total. The highest BCUT2D eigenvalue weighted by molar-refractivity contribution is 6.28.